The predicted molar refractivity (Wildman–Crippen MR) is 64.0 cm³/mol. The van der Waals surface area contributed by atoms with Gasteiger partial charge in [0.25, 0.3) is 5.91 Å². The molecule has 5 heteroatoms. The quantitative estimate of drug-likeness (QED) is 0.721. The van der Waals surface area contributed by atoms with Gasteiger partial charge >= 0.3 is 0 Å². The van der Waals surface area contributed by atoms with Crippen molar-refractivity contribution in [2.75, 3.05) is 19.0 Å². The number of nitrogens with one attached hydrogen (secondary N) is 2. The van der Waals surface area contributed by atoms with E-state index in [-0.39, 0.29) is 18.6 Å². The minimum atomic E-state index is -0.515. The maximum atomic E-state index is 11.2. The van der Waals surface area contributed by atoms with E-state index in [1.165, 1.54) is 0 Å². The SMILES string of the molecule is CNC(c1ccc2c(c1)NC(=O)CO2)C(C)O. The van der Waals surface area contributed by atoms with Gasteiger partial charge in [-0.25, -0.2) is 0 Å². The van der Waals surface area contributed by atoms with Gasteiger partial charge in [0, 0.05) is 0 Å². The molecule has 1 aromatic rings. The number of aliphatic hydroxyl groups is 1. The predicted octanol–water partition coefficient (Wildman–Crippen LogP) is 0.659. The van der Waals surface area contributed by atoms with E-state index in [9.17, 15) is 9.90 Å². The van der Waals surface area contributed by atoms with E-state index >= 15 is 0 Å². The zero-order chi connectivity index (χ0) is 12.4. The molecule has 0 saturated carbocycles. The third kappa shape index (κ3) is 2.40. The van der Waals surface area contributed by atoms with E-state index in [1.54, 1.807) is 20.0 Å². The number of anilines is 1. The van der Waals surface area contributed by atoms with Gasteiger partial charge in [0.15, 0.2) is 6.61 Å². The Labute approximate surface area is 99.8 Å². The van der Waals surface area contributed by atoms with Crippen LogP contribution in [-0.4, -0.2) is 30.8 Å². The standard InChI is InChI=1S/C12H16N2O3/c1-7(15)12(13-2)8-3-4-10-9(5-8)14-11(16)6-17-10/h3-5,7,12-13,15H,6H2,1-2H3,(H,14,16). The van der Waals surface area contributed by atoms with Crippen molar-refractivity contribution in [3.63, 3.8) is 0 Å². The fourth-order valence-electron chi connectivity index (χ4n) is 1.98. The topological polar surface area (TPSA) is 70.6 Å². The number of likely N-dealkylation sites (N-methyl/N-ethyl adjacent to an activating group) is 1. The summed E-state index contributed by atoms with van der Waals surface area (Å²) < 4.78 is 5.27. The maximum absolute atomic E-state index is 11.2. The zero-order valence-corrected chi connectivity index (χ0v) is 9.86. The molecular formula is C12H16N2O3. The summed E-state index contributed by atoms with van der Waals surface area (Å²) >= 11 is 0. The molecule has 0 spiro atoms. The Morgan fingerprint density at radius 2 is 2.29 bits per heavy atom. The van der Waals surface area contributed by atoms with Crippen molar-refractivity contribution in [1.29, 1.82) is 0 Å². The summed E-state index contributed by atoms with van der Waals surface area (Å²) in [5, 5.41) is 15.4. The number of benzene rings is 1. The minimum Gasteiger partial charge on any atom is -0.482 e. The zero-order valence-electron chi connectivity index (χ0n) is 9.86. The highest BCUT2D eigenvalue weighted by Crippen LogP contribution is 2.31. The van der Waals surface area contributed by atoms with Crippen LogP contribution in [0.4, 0.5) is 5.69 Å². The minimum absolute atomic E-state index is 0.0538. The molecular weight excluding hydrogens is 220 g/mol. The highest BCUT2D eigenvalue weighted by molar-refractivity contribution is 5.95. The Balaban J connectivity index is 2.32. The highest BCUT2D eigenvalue weighted by atomic mass is 16.5. The lowest BCUT2D eigenvalue weighted by molar-refractivity contribution is -0.118. The van der Waals surface area contributed by atoms with Crippen LogP contribution in [-0.2, 0) is 4.79 Å². The Bertz CT molecular complexity index is 432. The first-order chi connectivity index (χ1) is 8.11. The van der Waals surface area contributed by atoms with Crippen LogP contribution >= 0.6 is 0 Å². The van der Waals surface area contributed by atoms with Crippen molar-refractivity contribution in [1.82, 2.24) is 5.32 Å². The van der Waals surface area contributed by atoms with E-state index in [4.69, 9.17) is 4.74 Å². The number of amides is 1. The van der Waals surface area contributed by atoms with Crippen LogP contribution < -0.4 is 15.4 Å². The fourth-order valence-corrected chi connectivity index (χ4v) is 1.98. The molecule has 0 fully saturated rings. The van der Waals surface area contributed by atoms with Gasteiger partial charge in [-0.2, -0.15) is 0 Å². The van der Waals surface area contributed by atoms with Crippen LogP contribution in [0.5, 0.6) is 5.75 Å². The summed E-state index contributed by atoms with van der Waals surface area (Å²) in [5.74, 6) is 0.501. The number of carbonyl (C=O) groups excluding carboxylic acids is 1. The average molecular weight is 236 g/mol. The number of carbonyl (C=O) groups is 1. The number of hydrogen-bond donors (Lipinski definition) is 3. The molecule has 1 aliphatic rings. The molecule has 0 aromatic heterocycles. The summed E-state index contributed by atoms with van der Waals surface area (Å²) in [5.41, 5.74) is 1.56. The highest BCUT2D eigenvalue weighted by Gasteiger charge is 2.20. The van der Waals surface area contributed by atoms with Crippen molar-refractivity contribution in [2.24, 2.45) is 0 Å². The van der Waals surface area contributed by atoms with Crippen molar-refractivity contribution >= 4 is 11.6 Å². The lowest BCUT2D eigenvalue weighted by Crippen LogP contribution is -2.28. The van der Waals surface area contributed by atoms with Gasteiger partial charge in [0.05, 0.1) is 17.8 Å². The molecule has 1 aromatic carbocycles. The molecule has 2 atom stereocenters. The van der Waals surface area contributed by atoms with Crippen molar-refractivity contribution in [3.05, 3.63) is 23.8 Å². The molecule has 5 nitrogen and oxygen atoms in total. The molecule has 2 rings (SSSR count). The Morgan fingerprint density at radius 1 is 1.53 bits per heavy atom. The first-order valence-corrected chi connectivity index (χ1v) is 5.53. The van der Waals surface area contributed by atoms with Crippen molar-refractivity contribution in [2.45, 2.75) is 19.1 Å². The molecule has 17 heavy (non-hydrogen) atoms. The van der Waals surface area contributed by atoms with E-state index in [2.05, 4.69) is 10.6 Å². The molecule has 1 heterocycles. The van der Waals surface area contributed by atoms with Crippen LogP contribution in [0.15, 0.2) is 18.2 Å². The summed E-state index contributed by atoms with van der Waals surface area (Å²) in [7, 11) is 1.78. The number of ether oxygens (including phenoxy) is 1. The fraction of sp³-hybridized carbons (Fsp3) is 0.417. The van der Waals surface area contributed by atoms with Gasteiger partial charge in [0.2, 0.25) is 0 Å². The van der Waals surface area contributed by atoms with Crippen molar-refractivity contribution < 1.29 is 14.6 Å². The third-order valence-electron chi connectivity index (χ3n) is 2.79. The Morgan fingerprint density at radius 3 is 2.94 bits per heavy atom. The molecule has 0 saturated heterocycles. The lowest BCUT2D eigenvalue weighted by atomic mass is 10.0. The van der Waals surface area contributed by atoms with Gasteiger partial charge in [-0.1, -0.05) is 6.07 Å². The monoisotopic (exact) mass is 236 g/mol. The first-order valence-electron chi connectivity index (χ1n) is 5.53. The third-order valence-corrected chi connectivity index (χ3v) is 2.79. The molecule has 2 unspecified atom stereocenters. The average Bonchev–Trinajstić information content (AvgIpc) is 2.29. The molecule has 0 aliphatic carbocycles. The van der Waals surface area contributed by atoms with E-state index in [1.807, 2.05) is 12.1 Å². The molecule has 0 radical (unpaired) electrons. The van der Waals surface area contributed by atoms with Crippen LogP contribution in [0.3, 0.4) is 0 Å². The van der Waals surface area contributed by atoms with Crippen LogP contribution in [0.2, 0.25) is 0 Å². The van der Waals surface area contributed by atoms with Crippen LogP contribution in [0, 0.1) is 0 Å². The largest absolute Gasteiger partial charge is 0.482 e. The normalized spacial score (nSPS) is 17.7. The summed E-state index contributed by atoms with van der Waals surface area (Å²) in [6.45, 7) is 1.77. The lowest BCUT2D eigenvalue weighted by Gasteiger charge is -2.23. The number of hydrogen-bond acceptors (Lipinski definition) is 4. The van der Waals surface area contributed by atoms with Gasteiger partial charge in [-0.05, 0) is 31.7 Å². The summed E-state index contributed by atoms with van der Waals surface area (Å²) in [4.78, 5) is 11.2. The number of fused-ring (bicyclic) bond motifs is 1. The Kier molecular flexibility index (Phi) is 3.31. The second-order valence-electron chi connectivity index (χ2n) is 4.10. The first kappa shape index (κ1) is 11.9. The smallest absolute Gasteiger partial charge is 0.262 e. The molecule has 3 N–H and O–H groups in total. The second kappa shape index (κ2) is 4.73. The Hall–Kier alpha value is -1.59. The van der Waals surface area contributed by atoms with Gasteiger partial charge in [-0.15, -0.1) is 0 Å². The van der Waals surface area contributed by atoms with Crippen LogP contribution in [0.25, 0.3) is 0 Å². The molecule has 1 amide bonds. The maximum Gasteiger partial charge on any atom is 0.262 e. The van der Waals surface area contributed by atoms with Crippen LogP contribution in [0.1, 0.15) is 18.5 Å². The second-order valence-corrected chi connectivity index (χ2v) is 4.10. The molecule has 1 aliphatic heterocycles. The van der Waals surface area contributed by atoms with E-state index in [0.717, 1.165) is 5.56 Å². The van der Waals surface area contributed by atoms with E-state index in [0.29, 0.717) is 11.4 Å². The van der Waals surface area contributed by atoms with E-state index < -0.39 is 6.10 Å². The molecule has 0 bridgehead atoms. The van der Waals surface area contributed by atoms with Gasteiger partial charge in [-0.3, -0.25) is 4.79 Å². The van der Waals surface area contributed by atoms with Gasteiger partial charge < -0.3 is 20.5 Å². The molecule has 92 valence electrons. The van der Waals surface area contributed by atoms with Crippen molar-refractivity contribution in [3.8, 4) is 5.75 Å². The number of rotatable bonds is 3. The summed E-state index contributed by atoms with van der Waals surface area (Å²) in [6.07, 6.45) is -0.515. The summed E-state index contributed by atoms with van der Waals surface area (Å²) in [6, 6.07) is 5.33. The van der Waals surface area contributed by atoms with Gasteiger partial charge in [0.1, 0.15) is 5.75 Å². The number of aliphatic hydroxyl groups excluding tert-OH is 1.